The van der Waals surface area contributed by atoms with E-state index < -0.39 is 0 Å². The molecule has 26 heavy (non-hydrogen) atoms. The summed E-state index contributed by atoms with van der Waals surface area (Å²) in [6, 6.07) is 4.13. The van der Waals surface area contributed by atoms with Gasteiger partial charge in [-0.05, 0) is 25.0 Å². The number of aryl methyl sites for hydroxylation is 2. The predicted molar refractivity (Wildman–Crippen MR) is 96.8 cm³/mol. The van der Waals surface area contributed by atoms with E-state index in [1.54, 1.807) is 10.9 Å². The maximum absolute atomic E-state index is 12.3. The molecule has 0 saturated carbocycles. The third-order valence-corrected chi connectivity index (χ3v) is 5.46. The zero-order valence-electron chi connectivity index (χ0n) is 15.5. The molecule has 7 nitrogen and oxygen atoms in total. The standard InChI is InChI=1S/C19H26N4O3/c1-3-16-4-5-17(26-16)12-22-8-6-19(7-9-22)14-23(18(24)13-25-19)15-10-20-21(2)11-15/h4-5,10-11H,3,6-9,12-14H2,1-2H3. The maximum Gasteiger partial charge on any atom is 0.253 e. The summed E-state index contributed by atoms with van der Waals surface area (Å²) in [5.41, 5.74) is 0.600. The number of morpholine rings is 1. The molecule has 2 aliphatic heterocycles. The summed E-state index contributed by atoms with van der Waals surface area (Å²) in [5.74, 6) is 2.07. The van der Waals surface area contributed by atoms with Crippen molar-refractivity contribution in [1.82, 2.24) is 14.7 Å². The number of nitrogens with zero attached hydrogens (tertiary/aromatic N) is 4. The van der Waals surface area contributed by atoms with Gasteiger partial charge in [0.15, 0.2) is 0 Å². The fourth-order valence-corrected chi connectivity index (χ4v) is 3.84. The first-order chi connectivity index (χ1) is 12.6. The van der Waals surface area contributed by atoms with Crippen molar-refractivity contribution in [3.8, 4) is 0 Å². The summed E-state index contributed by atoms with van der Waals surface area (Å²) >= 11 is 0. The van der Waals surface area contributed by atoms with Gasteiger partial charge in [-0.3, -0.25) is 14.4 Å². The molecule has 0 aliphatic carbocycles. The van der Waals surface area contributed by atoms with Gasteiger partial charge >= 0.3 is 0 Å². The van der Waals surface area contributed by atoms with Crippen molar-refractivity contribution >= 4 is 11.6 Å². The number of hydrogen-bond acceptors (Lipinski definition) is 5. The number of aromatic nitrogens is 2. The Hall–Kier alpha value is -2.12. The Labute approximate surface area is 153 Å². The molecular formula is C19H26N4O3. The molecule has 7 heteroatoms. The van der Waals surface area contributed by atoms with Crippen LogP contribution in [0, 0.1) is 0 Å². The largest absolute Gasteiger partial charge is 0.465 e. The number of rotatable bonds is 4. The van der Waals surface area contributed by atoms with E-state index >= 15 is 0 Å². The number of carbonyl (C=O) groups is 1. The van der Waals surface area contributed by atoms with Crippen molar-refractivity contribution in [3.05, 3.63) is 36.0 Å². The molecule has 2 saturated heterocycles. The molecule has 0 atom stereocenters. The number of ether oxygens (including phenoxy) is 1. The molecule has 0 bridgehead atoms. The number of hydrogen-bond donors (Lipinski definition) is 0. The van der Waals surface area contributed by atoms with Gasteiger partial charge in [-0.2, -0.15) is 5.10 Å². The molecule has 1 spiro atoms. The minimum atomic E-state index is -0.252. The summed E-state index contributed by atoms with van der Waals surface area (Å²) < 4.78 is 13.6. The van der Waals surface area contributed by atoms with Gasteiger partial charge < -0.3 is 14.1 Å². The second-order valence-electron chi connectivity index (χ2n) is 7.32. The first-order valence-corrected chi connectivity index (χ1v) is 9.30. The highest BCUT2D eigenvalue weighted by atomic mass is 16.5. The SMILES string of the molecule is CCc1ccc(CN2CCC3(CC2)CN(c2cnn(C)c2)C(=O)CO3)o1. The van der Waals surface area contributed by atoms with Crippen LogP contribution in [0.1, 0.15) is 31.3 Å². The molecule has 0 unspecified atom stereocenters. The number of carbonyl (C=O) groups excluding carboxylic acids is 1. The van der Waals surface area contributed by atoms with Gasteiger partial charge in [0, 0.05) is 32.8 Å². The Kier molecular flexibility index (Phi) is 4.58. The van der Waals surface area contributed by atoms with Crippen molar-refractivity contribution in [3.63, 3.8) is 0 Å². The van der Waals surface area contributed by atoms with Crippen LogP contribution in [-0.4, -0.2) is 52.4 Å². The Balaban J connectivity index is 1.38. The summed E-state index contributed by atoms with van der Waals surface area (Å²) in [4.78, 5) is 16.5. The van der Waals surface area contributed by atoms with E-state index in [2.05, 4.69) is 29.1 Å². The quantitative estimate of drug-likeness (QED) is 0.836. The lowest BCUT2D eigenvalue weighted by atomic mass is 9.89. The van der Waals surface area contributed by atoms with Crippen LogP contribution < -0.4 is 4.90 Å². The predicted octanol–water partition coefficient (Wildman–Crippen LogP) is 1.97. The van der Waals surface area contributed by atoms with Crippen LogP contribution >= 0.6 is 0 Å². The molecule has 2 fully saturated rings. The number of piperidine rings is 1. The van der Waals surface area contributed by atoms with E-state index in [-0.39, 0.29) is 18.1 Å². The van der Waals surface area contributed by atoms with Gasteiger partial charge in [0.2, 0.25) is 0 Å². The highest BCUT2D eigenvalue weighted by molar-refractivity contribution is 5.94. The fourth-order valence-electron chi connectivity index (χ4n) is 3.84. The summed E-state index contributed by atoms with van der Waals surface area (Å²) in [6.07, 6.45) is 6.38. The monoisotopic (exact) mass is 358 g/mol. The Morgan fingerprint density at radius 1 is 1.23 bits per heavy atom. The number of likely N-dealkylation sites (tertiary alicyclic amines) is 1. The van der Waals surface area contributed by atoms with Crippen LogP contribution in [0.4, 0.5) is 5.69 Å². The van der Waals surface area contributed by atoms with Crippen molar-refractivity contribution in [2.75, 3.05) is 31.1 Å². The van der Waals surface area contributed by atoms with Gasteiger partial charge in [-0.1, -0.05) is 6.92 Å². The highest BCUT2D eigenvalue weighted by Crippen LogP contribution is 2.33. The van der Waals surface area contributed by atoms with Gasteiger partial charge in [0.05, 0.1) is 30.6 Å². The van der Waals surface area contributed by atoms with Crippen molar-refractivity contribution in [2.24, 2.45) is 7.05 Å². The number of furan rings is 1. The Bertz CT molecular complexity index is 773. The minimum absolute atomic E-state index is 0.00809. The Morgan fingerprint density at radius 3 is 2.65 bits per heavy atom. The van der Waals surface area contributed by atoms with E-state index in [1.165, 1.54) is 0 Å². The van der Waals surface area contributed by atoms with Gasteiger partial charge in [-0.15, -0.1) is 0 Å². The molecule has 2 aromatic rings. The van der Waals surface area contributed by atoms with Gasteiger partial charge in [-0.25, -0.2) is 0 Å². The molecular weight excluding hydrogens is 332 g/mol. The number of anilines is 1. The van der Waals surface area contributed by atoms with Gasteiger partial charge in [0.1, 0.15) is 18.1 Å². The van der Waals surface area contributed by atoms with Crippen molar-refractivity contribution in [2.45, 2.75) is 38.3 Å². The molecule has 4 heterocycles. The van der Waals surface area contributed by atoms with Crippen LogP contribution in [0.25, 0.3) is 0 Å². The highest BCUT2D eigenvalue weighted by Gasteiger charge is 2.43. The second-order valence-corrected chi connectivity index (χ2v) is 7.32. The number of amides is 1. The second kappa shape index (κ2) is 6.89. The zero-order chi connectivity index (χ0) is 18.1. The van der Waals surface area contributed by atoms with Crippen LogP contribution in [0.3, 0.4) is 0 Å². The van der Waals surface area contributed by atoms with Crippen LogP contribution in [-0.2, 0) is 29.5 Å². The molecule has 1 amide bonds. The van der Waals surface area contributed by atoms with E-state index in [4.69, 9.17) is 9.15 Å². The van der Waals surface area contributed by atoms with E-state index in [0.29, 0.717) is 6.54 Å². The molecule has 140 valence electrons. The lowest BCUT2D eigenvalue weighted by Gasteiger charge is -2.46. The van der Waals surface area contributed by atoms with Crippen LogP contribution in [0.2, 0.25) is 0 Å². The third kappa shape index (κ3) is 3.41. The van der Waals surface area contributed by atoms with E-state index in [1.807, 2.05) is 18.1 Å². The molecule has 0 aromatic carbocycles. The zero-order valence-corrected chi connectivity index (χ0v) is 15.5. The minimum Gasteiger partial charge on any atom is -0.465 e. The first kappa shape index (κ1) is 17.3. The summed E-state index contributed by atoms with van der Waals surface area (Å²) in [5, 5.41) is 4.19. The normalized spacial score (nSPS) is 20.8. The first-order valence-electron chi connectivity index (χ1n) is 9.30. The third-order valence-electron chi connectivity index (χ3n) is 5.46. The summed E-state index contributed by atoms with van der Waals surface area (Å²) in [7, 11) is 1.86. The smallest absolute Gasteiger partial charge is 0.253 e. The topological polar surface area (TPSA) is 63.7 Å². The average molecular weight is 358 g/mol. The van der Waals surface area contributed by atoms with Crippen molar-refractivity contribution < 1.29 is 13.9 Å². The van der Waals surface area contributed by atoms with E-state index in [9.17, 15) is 4.79 Å². The maximum atomic E-state index is 12.3. The van der Waals surface area contributed by atoms with Crippen LogP contribution in [0.15, 0.2) is 28.9 Å². The molecule has 2 aliphatic rings. The van der Waals surface area contributed by atoms with Crippen LogP contribution in [0.5, 0.6) is 0 Å². The molecule has 2 aromatic heterocycles. The lowest BCUT2D eigenvalue weighted by molar-refractivity contribution is -0.145. The molecule has 0 N–H and O–H groups in total. The van der Waals surface area contributed by atoms with E-state index in [0.717, 1.165) is 56.1 Å². The van der Waals surface area contributed by atoms with Crippen molar-refractivity contribution in [1.29, 1.82) is 0 Å². The lowest BCUT2D eigenvalue weighted by Crippen LogP contribution is -2.58. The molecule has 4 rings (SSSR count). The fraction of sp³-hybridized carbons (Fsp3) is 0.579. The Morgan fingerprint density at radius 2 is 2.00 bits per heavy atom. The average Bonchev–Trinajstić information content (AvgIpc) is 3.28. The summed E-state index contributed by atoms with van der Waals surface area (Å²) in [6.45, 7) is 5.57. The molecule has 0 radical (unpaired) electrons. The van der Waals surface area contributed by atoms with Gasteiger partial charge in [0.25, 0.3) is 5.91 Å².